The van der Waals surface area contributed by atoms with Gasteiger partial charge in [-0.05, 0) is 68.0 Å². The molecular weight excluding hydrogens is 420 g/mol. The summed E-state index contributed by atoms with van der Waals surface area (Å²) in [5.41, 5.74) is 3.06. The van der Waals surface area contributed by atoms with Crippen LogP contribution in [0.5, 0.6) is 0 Å². The number of benzene rings is 1. The maximum Gasteiger partial charge on any atom is 0.263 e. The largest absolute Gasteiger partial charge is 0.355 e. The average Bonchev–Trinajstić information content (AvgIpc) is 2.98. The molecule has 3 rings (SSSR count). The highest BCUT2D eigenvalue weighted by Crippen LogP contribution is 2.25. The highest BCUT2D eigenvalue weighted by Gasteiger charge is 2.18. The van der Waals surface area contributed by atoms with E-state index in [9.17, 15) is 9.59 Å². The average molecular weight is 447 g/mol. The maximum atomic E-state index is 13.1. The first-order chi connectivity index (χ1) is 14.4. The Morgan fingerprint density at radius 1 is 1.20 bits per heavy atom. The van der Waals surface area contributed by atoms with Crippen LogP contribution in [-0.4, -0.2) is 38.1 Å². The summed E-state index contributed by atoms with van der Waals surface area (Å²) in [5.74, 6) is 1.99. The third-order valence-electron chi connectivity index (χ3n) is 5.02. The van der Waals surface area contributed by atoms with E-state index in [1.807, 2.05) is 54.4 Å². The van der Waals surface area contributed by atoms with Crippen molar-refractivity contribution in [1.29, 1.82) is 0 Å². The topological polar surface area (TPSA) is 68.9 Å². The zero-order valence-corrected chi connectivity index (χ0v) is 19.1. The lowest BCUT2D eigenvalue weighted by molar-refractivity contribution is -0.121. The van der Waals surface area contributed by atoms with Crippen LogP contribution in [0.15, 0.2) is 35.4 Å². The number of halogens is 1. The second kappa shape index (κ2) is 10.2. The van der Waals surface area contributed by atoms with E-state index < -0.39 is 0 Å². The van der Waals surface area contributed by atoms with Gasteiger partial charge in [-0.15, -0.1) is 0 Å². The fourth-order valence-corrected chi connectivity index (χ4v) is 4.33. The van der Waals surface area contributed by atoms with Gasteiger partial charge in [0.25, 0.3) is 5.56 Å². The number of hydrogen-bond acceptors (Lipinski definition) is 4. The van der Waals surface area contributed by atoms with Gasteiger partial charge in [0.05, 0.1) is 5.39 Å². The van der Waals surface area contributed by atoms with Crippen molar-refractivity contribution < 1.29 is 4.79 Å². The van der Waals surface area contributed by atoms with Crippen LogP contribution >= 0.6 is 23.4 Å². The summed E-state index contributed by atoms with van der Waals surface area (Å²) in [7, 11) is 0. The molecule has 0 aliphatic carbocycles. The normalized spacial score (nSPS) is 11.2. The van der Waals surface area contributed by atoms with Crippen LogP contribution in [0, 0.1) is 13.8 Å². The Hall–Kier alpha value is -2.25. The maximum absolute atomic E-state index is 13.1. The van der Waals surface area contributed by atoms with Gasteiger partial charge < -0.3 is 5.32 Å². The SMILES string of the molecule is CCCSCCCNC(=O)Cn1cnc2c(c(C)c(C)n2-c2ccc(Cl)cc2)c1=O. The lowest BCUT2D eigenvalue weighted by Gasteiger charge is -2.09. The molecule has 8 heteroatoms. The lowest BCUT2D eigenvalue weighted by Crippen LogP contribution is -2.33. The van der Waals surface area contributed by atoms with Gasteiger partial charge in [0.1, 0.15) is 12.9 Å². The van der Waals surface area contributed by atoms with Gasteiger partial charge in [-0.3, -0.25) is 18.7 Å². The van der Waals surface area contributed by atoms with E-state index in [0.717, 1.165) is 41.3 Å². The number of aromatic nitrogens is 3. The van der Waals surface area contributed by atoms with Crippen molar-refractivity contribution in [1.82, 2.24) is 19.4 Å². The van der Waals surface area contributed by atoms with Crippen LogP contribution in [0.2, 0.25) is 5.02 Å². The first-order valence-electron chi connectivity index (χ1n) is 10.1. The van der Waals surface area contributed by atoms with Crippen molar-refractivity contribution in [2.75, 3.05) is 18.1 Å². The molecule has 0 atom stereocenters. The van der Waals surface area contributed by atoms with Crippen LogP contribution in [-0.2, 0) is 11.3 Å². The highest BCUT2D eigenvalue weighted by atomic mass is 35.5. The Balaban J connectivity index is 1.80. The second-order valence-corrected chi connectivity index (χ2v) is 8.88. The molecule has 0 unspecified atom stereocenters. The van der Waals surface area contributed by atoms with E-state index in [2.05, 4.69) is 17.2 Å². The van der Waals surface area contributed by atoms with E-state index in [4.69, 9.17) is 11.6 Å². The van der Waals surface area contributed by atoms with Gasteiger partial charge >= 0.3 is 0 Å². The number of rotatable bonds is 9. The Bertz CT molecular complexity index is 1090. The summed E-state index contributed by atoms with van der Waals surface area (Å²) < 4.78 is 3.32. The summed E-state index contributed by atoms with van der Waals surface area (Å²) in [6.45, 7) is 6.61. The van der Waals surface area contributed by atoms with E-state index in [1.54, 1.807) is 0 Å². The molecule has 2 heterocycles. The molecule has 0 aliphatic rings. The van der Waals surface area contributed by atoms with Crippen molar-refractivity contribution in [3.63, 3.8) is 0 Å². The summed E-state index contributed by atoms with van der Waals surface area (Å²) in [5, 5.41) is 4.07. The van der Waals surface area contributed by atoms with E-state index in [0.29, 0.717) is 22.6 Å². The van der Waals surface area contributed by atoms with Crippen LogP contribution < -0.4 is 10.9 Å². The molecule has 0 fully saturated rings. The van der Waals surface area contributed by atoms with Gasteiger partial charge in [-0.25, -0.2) is 4.98 Å². The predicted octanol–water partition coefficient (Wildman–Crippen LogP) is 4.11. The quantitative estimate of drug-likeness (QED) is 0.502. The number of amides is 1. The van der Waals surface area contributed by atoms with Crippen molar-refractivity contribution >= 4 is 40.3 Å². The third-order valence-corrected chi connectivity index (χ3v) is 6.54. The van der Waals surface area contributed by atoms with Gasteiger partial charge in [0.15, 0.2) is 5.65 Å². The van der Waals surface area contributed by atoms with Gasteiger partial charge in [-0.2, -0.15) is 11.8 Å². The smallest absolute Gasteiger partial charge is 0.263 e. The molecule has 2 aromatic heterocycles. The molecule has 160 valence electrons. The zero-order valence-electron chi connectivity index (χ0n) is 17.6. The van der Waals surface area contributed by atoms with Crippen LogP contribution in [0.25, 0.3) is 16.7 Å². The van der Waals surface area contributed by atoms with Crippen LogP contribution in [0.1, 0.15) is 31.0 Å². The van der Waals surface area contributed by atoms with Crippen molar-refractivity contribution in [2.45, 2.75) is 40.2 Å². The molecule has 1 amide bonds. The molecular formula is C22H27ClN4O2S. The number of nitrogens with zero attached hydrogens (tertiary/aromatic N) is 3. The number of nitrogens with one attached hydrogen (secondary N) is 1. The molecule has 1 aromatic carbocycles. The molecule has 0 saturated carbocycles. The molecule has 6 nitrogen and oxygen atoms in total. The first kappa shape index (κ1) is 22.4. The van der Waals surface area contributed by atoms with E-state index >= 15 is 0 Å². The Kier molecular flexibility index (Phi) is 7.61. The summed E-state index contributed by atoms with van der Waals surface area (Å²) in [6, 6.07) is 7.41. The molecule has 0 saturated heterocycles. The molecule has 30 heavy (non-hydrogen) atoms. The number of carbonyl (C=O) groups excluding carboxylic acids is 1. The van der Waals surface area contributed by atoms with E-state index in [1.165, 1.54) is 10.9 Å². The van der Waals surface area contributed by atoms with Crippen molar-refractivity contribution in [3.8, 4) is 5.69 Å². The lowest BCUT2D eigenvalue weighted by atomic mass is 10.2. The summed E-state index contributed by atoms with van der Waals surface area (Å²) in [4.78, 5) is 29.9. The Labute approximate surface area is 185 Å². The fourth-order valence-electron chi connectivity index (χ4n) is 3.36. The molecule has 3 aromatic rings. The van der Waals surface area contributed by atoms with Crippen molar-refractivity contribution in [2.24, 2.45) is 0 Å². The van der Waals surface area contributed by atoms with E-state index in [-0.39, 0.29) is 18.0 Å². The number of thioether (sulfide) groups is 1. The molecule has 0 radical (unpaired) electrons. The molecule has 1 N–H and O–H groups in total. The van der Waals surface area contributed by atoms with Crippen molar-refractivity contribution in [3.05, 3.63) is 57.2 Å². The zero-order chi connectivity index (χ0) is 21.7. The summed E-state index contributed by atoms with van der Waals surface area (Å²) >= 11 is 7.90. The highest BCUT2D eigenvalue weighted by molar-refractivity contribution is 7.99. The number of hydrogen-bond donors (Lipinski definition) is 1. The first-order valence-corrected chi connectivity index (χ1v) is 11.6. The fraction of sp³-hybridized carbons (Fsp3) is 0.409. The van der Waals surface area contributed by atoms with Gasteiger partial charge in [0, 0.05) is 22.9 Å². The van der Waals surface area contributed by atoms with Crippen LogP contribution in [0.3, 0.4) is 0 Å². The second-order valence-electron chi connectivity index (χ2n) is 7.21. The van der Waals surface area contributed by atoms with Gasteiger partial charge in [0.2, 0.25) is 5.91 Å². The van der Waals surface area contributed by atoms with Crippen LogP contribution in [0.4, 0.5) is 0 Å². The Morgan fingerprint density at radius 2 is 1.93 bits per heavy atom. The molecule has 0 bridgehead atoms. The van der Waals surface area contributed by atoms with Gasteiger partial charge in [-0.1, -0.05) is 18.5 Å². The monoisotopic (exact) mass is 446 g/mol. The predicted molar refractivity (Wildman–Crippen MR) is 125 cm³/mol. The minimum Gasteiger partial charge on any atom is -0.355 e. The number of fused-ring (bicyclic) bond motifs is 1. The number of carbonyl (C=O) groups is 1. The minimum absolute atomic E-state index is 0.0332. The molecule has 0 aliphatic heterocycles. The number of aryl methyl sites for hydroxylation is 1. The third kappa shape index (κ3) is 4.90. The molecule has 0 spiro atoms. The Morgan fingerprint density at radius 3 is 2.63 bits per heavy atom. The summed E-state index contributed by atoms with van der Waals surface area (Å²) in [6.07, 6.45) is 3.53. The standard InChI is InChI=1S/C22H27ClN4O2S/c1-4-11-30-12-5-10-24-19(28)13-26-14-25-21-20(22(26)29)15(2)16(3)27(21)18-8-6-17(23)7-9-18/h6-9,14H,4-5,10-13H2,1-3H3,(H,24,28). The minimum atomic E-state index is -0.207.